The van der Waals surface area contributed by atoms with Crippen LogP contribution in [0, 0.1) is 5.92 Å². The van der Waals surface area contributed by atoms with E-state index in [1.165, 1.54) is 6.39 Å². The average molecular weight is 361 g/mol. The molecule has 1 fully saturated rings. The largest absolute Gasteiger partial charge is 0.446 e. The molecule has 136 valence electrons. The van der Waals surface area contributed by atoms with Crippen molar-refractivity contribution in [3.63, 3.8) is 0 Å². The van der Waals surface area contributed by atoms with Crippen LogP contribution >= 0.6 is 0 Å². The fraction of sp³-hybridized carbons (Fsp3) is 0.286. The molecule has 5 rings (SSSR count). The van der Waals surface area contributed by atoms with Gasteiger partial charge in [-0.05, 0) is 40.8 Å². The van der Waals surface area contributed by atoms with Gasteiger partial charge in [0.25, 0.3) is 0 Å². The monoisotopic (exact) mass is 361 g/mol. The zero-order chi connectivity index (χ0) is 18.2. The molecule has 27 heavy (non-hydrogen) atoms. The minimum absolute atomic E-state index is 0.0810. The summed E-state index contributed by atoms with van der Waals surface area (Å²) in [5.41, 5.74) is 4.37. The van der Waals surface area contributed by atoms with Gasteiger partial charge in [-0.3, -0.25) is 9.78 Å². The number of amides is 1. The van der Waals surface area contributed by atoms with Gasteiger partial charge in [0.15, 0.2) is 12.2 Å². The van der Waals surface area contributed by atoms with Crippen molar-refractivity contribution in [3.05, 3.63) is 72.2 Å². The molecule has 6 nitrogen and oxygen atoms in total. The quantitative estimate of drug-likeness (QED) is 0.717. The number of fused-ring (bicyclic) bond motifs is 1. The van der Waals surface area contributed by atoms with Crippen LogP contribution in [-0.4, -0.2) is 34.0 Å². The Labute approximate surface area is 156 Å². The molecule has 0 radical (unpaired) electrons. The molecular weight excluding hydrogens is 342 g/mol. The second-order valence-electron chi connectivity index (χ2n) is 6.99. The Hall–Kier alpha value is -2.99. The van der Waals surface area contributed by atoms with Gasteiger partial charge in [-0.15, -0.1) is 0 Å². The Morgan fingerprint density at radius 1 is 1.15 bits per heavy atom. The number of nitrogens with zero attached hydrogens (tertiary/aromatic N) is 3. The van der Waals surface area contributed by atoms with Crippen LogP contribution in [0.3, 0.4) is 0 Å². The Morgan fingerprint density at radius 3 is 2.85 bits per heavy atom. The van der Waals surface area contributed by atoms with Crippen molar-refractivity contribution in [2.45, 2.75) is 19.0 Å². The van der Waals surface area contributed by atoms with E-state index < -0.39 is 0 Å². The number of carbonyl (C=O) groups is 1. The molecular formula is C21H19N3O3. The molecule has 3 aromatic rings. The van der Waals surface area contributed by atoms with E-state index in [2.05, 4.69) is 28.2 Å². The van der Waals surface area contributed by atoms with Crippen molar-refractivity contribution in [3.8, 4) is 11.1 Å². The summed E-state index contributed by atoms with van der Waals surface area (Å²) >= 11 is 0. The molecule has 0 aliphatic carbocycles. The van der Waals surface area contributed by atoms with Crippen molar-refractivity contribution in [1.29, 1.82) is 0 Å². The van der Waals surface area contributed by atoms with Gasteiger partial charge in [0, 0.05) is 25.5 Å². The maximum atomic E-state index is 13.2. The molecule has 0 bridgehead atoms. The second-order valence-corrected chi connectivity index (χ2v) is 6.99. The molecule has 0 N–H and O–H groups in total. The highest BCUT2D eigenvalue weighted by atomic mass is 16.5. The van der Waals surface area contributed by atoms with Crippen molar-refractivity contribution in [1.82, 2.24) is 14.9 Å². The van der Waals surface area contributed by atoms with Gasteiger partial charge in [0.2, 0.25) is 5.91 Å². The predicted octanol–water partition coefficient (Wildman–Crippen LogP) is 3.20. The highest BCUT2D eigenvalue weighted by Gasteiger charge is 2.40. The van der Waals surface area contributed by atoms with Gasteiger partial charge < -0.3 is 14.1 Å². The zero-order valence-corrected chi connectivity index (χ0v) is 14.7. The van der Waals surface area contributed by atoms with E-state index in [9.17, 15) is 4.79 Å². The number of ether oxygens (including phenoxy) is 1. The fourth-order valence-corrected chi connectivity index (χ4v) is 4.00. The zero-order valence-electron chi connectivity index (χ0n) is 14.7. The number of carbonyl (C=O) groups excluding carboxylic acids is 1. The first-order chi connectivity index (χ1) is 13.3. The lowest BCUT2D eigenvalue weighted by Gasteiger charge is -2.25. The van der Waals surface area contributed by atoms with Gasteiger partial charge in [-0.2, -0.15) is 0 Å². The van der Waals surface area contributed by atoms with Crippen LogP contribution in [0.15, 0.2) is 59.7 Å². The predicted molar refractivity (Wildman–Crippen MR) is 97.5 cm³/mol. The summed E-state index contributed by atoms with van der Waals surface area (Å²) in [7, 11) is 0. The standard InChI is InChI=1S/C21H19N3O3/c25-21(16-5-7-26-12-16)24-11-17-8-14(15-2-1-6-22-9-15)3-4-18(17)20(24)19-10-23-13-27-19/h1-4,6,8-10,13,16,20H,5,7,11-12H2. The Kier molecular flexibility index (Phi) is 3.98. The lowest BCUT2D eigenvalue weighted by Crippen LogP contribution is -2.35. The summed E-state index contributed by atoms with van der Waals surface area (Å²) in [6.07, 6.45) is 7.50. The van der Waals surface area contributed by atoms with Crippen molar-refractivity contribution < 1.29 is 13.9 Å². The summed E-state index contributed by atoms with van der Waals surface area (Å²) in [5, 5.41) is 0. The molecule has 1 saturated heterocycles. The Balaban J connectivity index is 1.54. The first-order valence-electron chi connectivity index (χ1n) is 9.11. The molecule has 1 aromatic carbocycles. The van der Waals surface area contributed by atoms with Crippen LogP contribution in [0.5, 0.6) is 0 Å². The third-order valence-electron chi connectivity index (χ3n) is 5.37. The van der Waals surface area contributed by atoms with Crippen LogP contribution in [0.25, 0.3) is 11.1 Å². The molecule has 4 heterocycles. The number of pyridine rings is 1. The van der Waals surface area contributed by atoms with Gasteiger partial charge in [-0.25, -0.2) is 4.98 Å². The number of rotatable bonds is 3. The molecule has 2 aliphatic heterocycles. The van der Waals surface area contributed by atoms with E-state index in [0.717, 1.165) is 28.7 Å². The summed E-state index contributed by atoms with van der Waals surface area (Å²) < 4.78 is 11.0. The Bertz CT molecular complexity index is 950. The molecule has 0 saturated carbocycles. The van der Waals surface area contributed by atoms with Gasteiger partial charge in [-0.1, -0.05) is 18.2 Å². The molecule has 2 atom stereocenters. The van der Waals surface area contributed by atoms with Gasteiger partial charge in [0.05, 0.1) is 18.7 Å². The first kappa shape index (κ1) is 16.2. The number of hydrogen-bond acceptors (Lipinski definition) is 5. The topological polar surface area (TPSA) is 68.5 Å². The third kappa shape index (κ3) is 2.82. The minimum atomic E-state index is -0.237. The number of benzene rings is 1. The fourth-order valence-electron chi connectivity index (χ4n) is 4.00. The van der Waals surface area contributed by atoms with Gasteiger partial charge >= 0.3 is 0 Å². The SMILES string of the molecule is O=C(C1CCOC1)N1Cc2cc(-c3cccnc3)ccc2C1c1cnco1. The number of hydrogen-bond donors (Lipinski definition) is 0. The van der Waals surface area contributed by atoms with Crippen LogP contribution < -0.4 is 0 Å². The first-order valence-corrected chi connectivity index (χ1v) is 9.11. The smallest absolute Gasteiger partial charge is 0.229 e. The summed E-state index contributed by atoms with van der Waals surface area (Å²) in [6, 6.07) is 10.0. The highest BCUT2D eigenvalue weighted by Crippen LogP contribution is 2.41. The summed E-state index contributed by atoms with van der Waals surface area (Å²) in [6.45, 7) is 1.70. The summed E-state index contributed by atoms with van der Waals surface area (Å²) in [5.74, 6) is 0.727. The third-order valence-corrected chi connectivity index (χ3v) is 5.37. The van der Waals surface area contributed by atoms with E-state index in [-0.39, 0.29) is 17.9 Å². The van der Waals surface area contributed by atoms with E-state index >= 15 is 0 Å². The van der Waals surface area contributed by atoms with Crippen LogP contribution in [0.1, 0.15) is 29.3 Å². The molecule has 2 aromatic heterocycles. The maximum Gasteiger partial charge on any atom is 0.229 e. The van der Waals surface area contributed by atoms with E-state index in [1.807, 2.05) is 23.2 Å². The van der Waals surface area contributed by atoms with Gasteiger partial charge in [0.1, 0.15) is 6.04 Å². The van der Waals surface area contributed by atoms with Crippen molar-refractivity contribution in [2.75, 3.05) is 13.2 Å². The van der Waals surface area contributed by atoms with Crippen LogP contribution in [0.4, 0.5) is 0 Å². The summed E-state index contributed by atoms with van der Waals surface area (Å²) in [4.78, 5) is 23.3. The second kappa shape index (κ2) is 6.63. The van der Waals surface area contributed by atoms with Crippen LogP contribution in [0.2, 0.25) is 0 Å². The van der Waals surface area contributed by atoms with Crippen LogP contribution in [-0.2, 0) is 16.1 Å². The maximum absolute atomic E-state index is 13.2. The van der Waals surface area contributed by atoms with Crippen molar-refractivity contribution in [2.24, 2.45) is 5.92 Å². The van der Waals surface area contributed by atoms with E-state index in [0.29, 0.717) is 25.5 Å². The van der Waals surface area contributed by atoms with E-state index in [4.69, 9.17) is 9.15 Å². The lowest BCUT2D eigenvalue weighted by atomic mass is 9.98. The minimum Gasteiger partial charge on any atom is -0.446 e. The molecule has 0 spiro atoms. The van der Waals surface area contributed by atoms with Crippen molar-refractivity contribution >= 4 is 5.91 Å². The molecule has 6 heteroatoms. The highest BCUT2D eigenvalue weighted by molar-refractivity contribution is 5.81. The average Bonchev–Trinajstić information content (AvgIpc) is 3.47. The number of aromatic nitrogens is 2. The molecule has 2 aliphatic rings. The molecule has 1 amide bonds. The molecule has 2 unspecified atom stereocenters. The Morgan fingerprint density at radius 2 is 2.11 bits per heavy atom. The van der Waals surface area contributed by atoms with E-state index in [1.54, 1.807) is 12.4 Å². The lowest BCUT2D eigenvalue weighted by molar-refractivity contribution is -0.137. The number of oxazole rings is 1. The normalized spacial score (nSPS) is 21.4.